The lowest BCUT2D eigenvalue weighted by Crippen LogP contribution is -2.41. The Labute approximate surface area is 170 Å². The van der Waals surface area contributed by atoms with E-state index < -0.39 is 22.0 Å². The summed E-state index contributed by atoms with van der Waals surface area (Å²) in [5.41, 5.74) is 6.68. The number of methoxy groups -OCH3 is 1. The maximum atomic E-state index is 12.4. The number of nitrogens with zero attached hydrogens (tertiary/aromatic N) is 1. The third kappa shape index (κ3) is 9.22. The van der Waals surface area contributed by atoms with Gasteiger partial charge in [-0.1, -0.05) is 11.8 Å². The molecule has 3 N–H and O–H groups in total. The second-order valence-corrected chi connectivity index (χ2v) is 9.26. The highest BCUT2D eigenvalue weighted by molar-refractivity contribution is 7.90. The average molecular weight is 408 g/mol. The van der Waals surface area contributed by atoms with Gasteiger partial charge in [-0.3, -0.25) is 14.6 Å². The van der Waals surface area contributed by atoms with Crippen LogP contribution >= 0.6 is 0 Å². The molecule has 1 aromatic rings. The summed E-state index contributed by atoms with van der Waals surface area (Å²) >= 11 is -1.31. The first-order valence-corrected chi connectivity index (χ1v) is 10.3. The second-order valence-electron chi connectivity index (χ2n) is 7.26. The van der Waals surface area contributed by atoms with Crippen LogP contribution in [0.4, 0.5) is 0 Å². The molecule has 0 aliphatic carbocycles. The fraction of sp³-hybridized carbons (Fsp3) is 0.550. The molecule has 0 aromatic carbocycles. The van der Waals surface area contributed by atoms with E-state index in [0.717, 1.165) is 5.56 Å². The van der Waals surface area contributed by atoms with E-state index in [0.29, 0.717) is 31.4 Å². The number of esters is 1. The summed E-state index contributed by atoms with van der Waals surface area (Å²) in [6, 6.07) is 3.28. The molecule has 0 saturated heterocycles. The topological polar surface area (TPSA) is 117 Å². The van der Waals surface area contributed by atoms with Crippen molar-refractivity contribution in [3.63, 3.8) is 0 Å². The molecule has 0 aliphatic heterocycles. The van der Waals surface area contributed by atoms with Crippen molar-refractivity contribution in [2.45, 2.75) is 63.7 Å². The van der Waals surface area contributed by atoms with E-state index in [4.69, 9.17) is 5.73 Å². The fourth-order valence-electron chi connectivity index (χ4n) is 2.13. The number of rotatable bonds is 9. The number of carbonyl (C=O) groups excluding carboxylic acids is 2. The molecule has 0 saturated carbocycles. The first-order valence-electron chi connectivity index (χ1n) is 9.11. The van der Waals surface area contributed by atoms with Crippen LogP contribution in [0.15, 0.2) is 18.3 Å². The molecule has 1 aromatic heterocycles. The predicted octanol–water partition coefficient (Wildman–Crippen LogP) is 2.13. The predicted molar refractivity (Wildman–Crippen MR) is 109 cm³/mol. The molecule has 1 amide bonds. The summed E-state index contributed by atoms with van der Waals surface area (Å²) in [4.78, 5) is 26.6. The highest BCUT2D eigenvalue weighted by Gasteiger charge is 2.30. The quantitative estimate of drug-likeness (QED) is 0.280. The standard InChI is InChI=1S/C20H29N3O4S/c1-20(2,3)28(26)23-17(12-13-18(21)24)16-11-10-15(14-22-16)8-6-5-7-9-19(25)27-4/h10-11,14,17,23H,5,7,9,12-13H2,1-4H3,(H2,21,24)/t17-,28?/m0/s1. The van der Waals surface area contributed by atoms with Gasteiger partial charge in [0.25, 0.3) is 0 Å². The molecular weight excluding hydrogens is 378 g/mol. The van der Waals surface area contributed by atoms with Crippen molar-refractivity contribution in [2.75, 3.05) is 7.11 Å². The van der Waals surface area contributed by atoms with Gasteiger partial charge in [0.15, 0.2) is 0 Å². The van der Waals surface area contributed by atoms with E-state index in [-0.39, 0.29) is 18.4 Å². The van der Waals surface area contributed by atoms with Crippen LogP contribution in [0.5, 0.6) is 0 Å². The van der Waals surface area contributed by atoms with Crippen molar-refractivity contribution < 1.29 is 18.9 Å². The maximum Gasteiger partial charge on any atom is 0.305 e. The average Bonchev–Trinajstić information content (AvgIpc) is 2.64. The molecule has 28 heavy (non-hydrogen) atoms. The number of hydrogen-bond donors (Lipinski definition) is 2. The summed E-state index contributed by atoms with van der Waals surface area (Å²) in [7, 11) is 1.36. The lowest BCUT2D eigenvalue weighted by Gasteiger charge is -2.27. The molecule has 0 spiro atoms. The molecule has 1 unspecified atom stereocenters. The lowest BCUT2D eigenvalue weighted by atomic mass is 10.1. The molecule has 0 bridgehead atoms. The Kier molecular flexibility index (Phi) is 10.0. The zero-order chi connectivity index (χ0) is 21.2. The van der Waals surface area contributed by atoms with Crippen LogP contribution in [0, 0.1) is 11.8 Å². The molecule has 0 aliphatic rings. The smallest absolute Gasteiger partial charge is 0.305 e. The van der Waals surface area contributed by atoms with Crippen molar-refractivity contribution in [1.29, 1.82) is 0 Å². The normalized spacial score (nSPS) is 13.2. The number of amides is 1. The largest absolute Gasteiger partial charge is 0.598 e. The Morgan fingerprint density at radius 3 is 2.61 bits per heavy atom. The maximum absolute atomic E-state index is 12.4. The van der Waals surface area contributed by atoms with Crippen molar-refractivity contribution in [1.82, 2.24) is 9.71 Å². The summed E-state index contributed by atoms with van der Waals surface area (Å²) in [5, 5.41) is 0. The van der Waals surface area contributed by atoms with Gasteiger partial charge in [0.05, 0.1) is 18.8 Å². The fourth-order valence-corrected chi connectivity index (χ4v) is 2.98. The Morgan fingerprint density at radius 1 is 1.36 bits per heavy atom. The number of nitrogens with two attached hydrogens (primary N) is 1. The van der Waals surface area contributed by atoms with Gasteiger partial charge in [0.2, 0.25) is 5.91 Å². The highest BCUT2D eigenvalue weighted by Crippen LogP contribution is 2.22. The van der Waals surface area contributed by atoms with Crippen LogP contribution in [0.3, 0.4) is 0 Å². The molecule has 8 heteroatoms. The Bertz CT molecular complexity index is 705. The minimum absolute atomic E-state index is 0.169. The zero-order valence-electron chi connectivity index (χ0n) is 16.9. The molecule has 0 fully saturated rings. The van der Waals surface area contributed by atoms with Gasteiger partial charge in [-0.2, -0.15) is 0 Å². The number of ether oxygens (including phenoxy) is 1. The van der Waals surface area contributed by atoms with Gasteiger partial charge < -0.3 is 15.0 Å². The first kappa shape index (κ1) is 24.0. The Morgan fingerprint density at radius 2 is 2.07 bits per heavy atom. The first-order chi connectivity index (χ1) is 13.1. The van der Waals surface area contributed by atoms with Crippen LogP contribution in [0.2, 0.25) is 0 Å². The van der Waals surface area contributed by atoms with E-state index in [9.17, 15) is 14.1 Å². The molecule has 7 nitrogen and oxygen atoms in total. The van der Waals surface area contributed by atoms with Crippen LogP contribution in [-0.4, -0.2) is 33.3 Å². The van der Waals surface area contributed by atoms with Crippen molar-refractivity contribution in [3.8, 4) is 11.8 Å². The molecule has 1 heterocycles. The summed E-state index contributed by atoms with van der Waals surface area (Å²) < 4.78 is 19.6. The molecular formula is C20H29N3O4S. The molecule has 1 rings (SSSR count). The van der Waals surface area contributed by atoms with Crippen LogP contribution < -0.4 is 10.5 Å². The van der Waals surface area contributed by atoms with Crippen LogP contribution in [0.25, 0.3) is 0 Å². The Balaban J connectivity index is 2.76. The monoisotopic (exact) mass is 407 g/mol. The zero-order valence-corrected chi connectivity index (χ0v) is 17.7. The van der Waals surface area contributed by atoms with Crippen molar-refractivity contribution in [3.05, 3.63) is 29.6 Å². The van der Waals surface area contributed by atoms with Gasteiger partial charge >= 0.3 is 5.97 Å². The van der Waals surface area contributed by atoms with Gasteiger partial charge in [0.1, 0.15) is 4.75 Å². The number of primary amides is 1. The third-order valence-electron chi connectivity index (χ3n) is 3.77. The highest BCUT2D eigenvalue weighted by atomic mass is 32.2. The van der Waals surface area contributed by atoms with E-state index >= 15 is 0 Å². The van der Waals surface area contributed by atoms with Gasteiger partial charge in [-0.25, -0.2) is 0 Å². The van der Waals surface area contributed by atoms with Gasteiger partial charge in [0, 0.05) is 42.4 Å². The minimum Gasteiger partial charge on any atom is -0.598 e. The molecule has 2 atom stereocenters. The van der Waals surface area contributed by atoms with Gasteiger partial charge in [-0.15, -0.1) is 4.72 Å². The van der Waals surface area contributed by atoms with Crippen molar-refractivity contribution >= 4 is 23.2 Å². The number of hydrogen-bond acceptors (Lipinski definition) is 6. The number of nitrogens with one attached hydrogen (secondary N) is 1. The summed E-state index contributed by atoms with van der Waals surface area (Å²) in [6.45, 7) is 5.61. The van der Waals surface area contributed by atoms with Crippen LogP contribution in [-0.2, 0) is 25.7 Å². The minimum atomic E-state index is -1.31. The number of unbranched alkanes of at least 4 members (excludes halogenated alkanes) is 1. The van der Waals surface area contributed by atoms with E-state index in [1.807, 2.05) is 26.8 Å². The second kappa shape index (κ2) is 11.7. The third-order valence-corrected chi connectivity index (χ3v) is 5.38. The number of pyridine rings is 1. The SMILES string of the molecule is COC(=O)CCCC#Cc1ccc([C@H](CCC(N)=O)N[S+]([O-])C(C)(C)C)nc1. The molecule has 154 valence electrons. The summed E-state index contributed by atoms with van der Waals surface area (Å²) in [6.07, 6.45) is 3.79. The van der Waals surface area contributed by atoms with E-state index in [1.165, 1.54) is 7.11 Å². The van der Waals surface area contributed by atoms with Gasteiger partial charge in [-0.05, 0) is 45.7 Å². The summed E-state index contributed by atoms with van der Waals surface area (Å²) in [5.74, 6) is 5.34. The number of carbonyl (C=O) groups is 2. The van der Waals surface area contributed by atoms with E-state index in [2.05, 4.69) is 26.3 Å². The van der Waals surface area contributed by atoms with E-state index in [1.54, 1.807) is 12.3 Å². The lowest BCUT2D eigenvalue weighted by molar-refractivity contribution is -0.140. The Hall–Kier alpha value is -2.08. The number of aromatic nitrogens is 1. The van der Waals surface area contributed by atoms with Crippen LogP contribution in [0.1, 0.15) is 70.2 Å². The molecule has 0 radical (unpaired) electrons. The van der Waals surface area contributed by atoms with Crippen molar-refractivity contribution in [2.24, 2.45) is 5.73 Å².